The summed E-state index contributed by atoms with van der Waals surface area (Å²) in [6, 6.07) is 19.0. The second-order valence-corrected chi connectivity index (χ2v) is 6.65. The lowest BCUT2D eigenvalue weighted by atomic mass is 9.80. The van der Waals surface area contributed by atoms with Gasteiger partial charge in [-0.05, 0) is 40.1 Å². The highest BCUT2D eigenvalue weighted by molar-refractivity contribution is 6.05. The zero-order valence-corrected chi connectivity index (χ0v) is 13.8. The first-order valence-corrected chi connectivity index (χ1v) is 8.47. The molecule has 1 aromatic heterocycles. The minimum Gasteiger partial charge on any atom is -0.309 e. The van der Waals surface area contributed by atoms with Crippen molar-refractivity contribution in [2.45, 2.75) is 19.3 Å². The minimum absolute atomic E-state index is 0.00139. The van der Waals surface area contributed by atoms with E-state index < -0.39 is 0 Å². The fourth-order valence-electron chi connectivity index (χ4n) is 4.10. The summed E-state index contributed by atoms with van der Waals surface area (Å²) in [6.07, 6.45) is 0.436. The Morgan fingerprint density at radius 3 is 2.28 bits per heavy atom. The number of nitrogens with one attached hydrogen (secondary N) is 2. The van der Waals surface area contributed by atoms with E-state index in [9.17, 15) is 4.79 Å². The number of hydrogen-bond donors (Lipinski definition) is 2. The molecule has 1 atom stereocenters. The Balaban J connectivity index is 1.91. The van der Waals surface area contributed by atoms with Crippen molar-refractivity contribution in [3.05, 3.63) is 71.4 Å². The molecule has 122 valence electrons. The lowest BCUT2D eigenvalue weighted by molar-refractivity contribution is -0.116. The fourth-order valence-corrected chi connectivity index (χ4v) is 4.10. The molecule has 25 heavy (non-hydrogen) atoms. The molecule has 0 saturated carbocycles. The third-order valence-corrected chi connectivity index (χ3v) is 5.15. The molecule has 2 heterocycles. The van der Waals surface area contributed by atoms with Gasteiger partial charge in [-0.15, -0.1) is 0 Å². The van der Waals surface area contributed by atoms with Gasteiger partial charge in [-0.1, -0.05) is 48.5 Å². The van der Waals surface area contributed by atoms with Crippen LogP contribution in [0.5, 0.6) is 0 Å². The van der Waals surface area contributed by atoms with Crippen LogP contribution in [0.4, 0.5) is 5.82 Å². The molecule has 3 aromatic carbocycles. The standard InChI is InChI=1S/C21H17N3O/c1-12-19-17(11-18(25)22-21(19)24-23-12)20-15-8-4-2-6-13(15)10-14-7-3-5-9-16(14)20/h2-10,17H,11H2,1H3,(H2,22,23,24,25). The van der Waals surface area contributed by atoms with Crippen LogP contribution < -0.4 is 5.32 Å². The second-order valence-electron chi connectivity index (χ2n) is 6.65. The number of fused-ring (bicyclic) bond motifs is 3. The first-order chi connectivity index (χ1) is 12.2. The Bertz CT molecular complexity index is 1090. The van der Waals surface area contributed by atoms with Crippen LogP contribution in [0.1, 0.15) is 29.2 Å². The van der Waals surface area contributed by atoms with E-state index in [2.05, 4.69) is 70.1 Å². The molecule has 4 heteroatoms. The molecule has 2 N–H and O–H groups in total. The predicted molar refractivity (Wildman–Crippen MR) is 99.9 cm³/mol. The lowest BCUT2D eigenvalue weighted by Crippen LogP contribution is -2.23. The number of anilines is 1. The van der Waals surface area contributed by atoms with Crippen LogP contribution in [0.25, 0.3) is 21.5 Å². The van der Waals surface area contributed by atoms with Gasteiger partial charge >= 0.3 is 0 Å². The molecular formula is C21H17N3O. The topological polar surface area (TPSA) is 57.8 Å². The average Bonchev–Trinajstić information content (AvgIpc) is 3.00. The molecule has 0 radical (unpaired) electrons. The Labute approximate surface area is 144 Å². The van der Waals surface area contributed by atoms with Crippen molar-refractivity contribution in [1.29, 1.82) is 0 Å². The van der Waals surface area contributed by atoms with Gasteiger partial charge in [0.1, 0.15) is 0 Å². The first-order valence-electron chi connectivity index (χ1n) is 8.47. The highest BCUT2D eigenvalue weighted by Gasteiger charge is 2.32. The van der Waals surface area contributed by atoms with Crippen molar-refractivity contribution in [3.8, 4) is 0 Å². The summed E-state index contributed by atoms with van der Waals surface area (Å²) in [4.78, 5) is 12.3. The normalized spacial score (nSPS) is 16.8. The first kappa shape index (κ1) is 14.2. The van der Waals surface area contributed by atoms with Gasteiger partial charge in [0.2, 0.25) is 5.91 Å². The van der Waals surface area contributed by atoms with Gasteiger partial charge in [0.15, 0.2) is 5.82 Å². The van der Waals surface area contributed by atoms with Crippen LogP contribution in [-0.2, 0) is 4.79 Å². The van der Waals surface area contributed by atoms with E-state index in [0.717, 1.165) is 11.3 Å². The number of carbonyl (C=O) groups excluding carboxylic acids is 1. The number of amides is 1. The van der Waals surface area contributed by atoms with Crippen LogP contribution in [-0.4, -0.2) is 16.1 Å². The summed E-state index contributed by atoms with van der Waals surface area (Å²) in [7, 11) is 0. The maximum Gasteiger partial charge on any atom is 0.226 e. The monoisotopic (exact) mass is 327 g/mol. The van der Waals surface area contributed by atoms with E-state index in [1.165, 1.54) is 27.1 Å². The van der Waals surface area contributed by atoms with Gasteiger partial charge in [-0.25, -0.2) is 0 Å². The van der Waals surface area contributed by atoms with E-state index in [-0.39, 0.29) is 11.8 Å². The number of aromatic amines is 1. The highest BCUT2D eigenvalue weighted by Crippen LogP contribution is 2.43. The third kappa shape index (κ3) is 2.07. The third-order valence-electron chi connectivity index (χ3n) is 5.15. The Morgan fingerprint density at radius 1 is 0.960 bits per heavy atom. The molecule has 1 aliphatic rings. The molecule has 1 unspecified atom stereocenters. The van der Waals surface area contributed by atoms with Crippen LogP contribution in [0.15, 0.2) is 54.6 Å². The van der Waals surface area contributed by atoms with Crippen LogP contribution in [0.2, 0.25) is 0 Å². The maximum atomic E-state index is 12.3. The summed E-state index contributed by atoms with van der Waals surface area (Å²) >= 11 is 0. The van der Waals surface area contributed by atoms with Crippen LogP contribution in [0.3, 0.4) is 0 Å². The van der Waals surface area contributed by atoms with Gasteiger partial charge in [0.25, 0.3) is 0 Å². The summed E-state index contributed by atoms with van der Waals surface area (Å²) in [6.45, 7) is 2.02. The van der Waals surface area contributed by atoms with Gasteiger partial charge in [0.05, 0.1) is 0 Å². The zero-order chi connectivity index (χ0) is 17.0. The summed E-state index contributed by atoms with van der Waals surface area (Å²) in [5.41, 5.74) is 3.33. The van der Waals surface area contributed by atoms with Gasteiger partial charge in [0, 0.05) is 23.6 Å². The van der Waals surface area contributed by atoms with Crippen LogP contribution >= 0.6 is 0 Å². The molecule has 0 fully saturated rings. The number of hydrogen-bond acceptors (Lipinski definition) is 2. The van der Waals surface area contributed by atoms with Crippen molar-refractivity contribution in [1.82, 2.24) is 10.2 Å². The van der Waals surface area contributed by atoms with Gasteiger partial charge in [-0.3, -0.25) is 9.89 Å². The minimum atomic E-state index is -0.00139. The number of H-pyrrole nitrogens is 1. The molecule has 0 bridgehead atoms. The molecule has 4 nitrogen and oxygen atoms in total. The molecule has 4 aromatic rings. The largest absolute Gasteiger partial charge is 0.309 e. The zero-order valence-electron chi connectivity index (χ0n) is 13.8. The number of rotatable bonds is 1. The Hall–Kier alpha value is -3.14. The van der Waals surface area contributed by atoms with Crippen molar-refractivity contribution in [2.24, 2.45) is 0 Å². The lowest BCUT2D eigenvalue weighted by Gasteiger charge is -2.25. The van der Waals surface area contributed by atoms with Crippen molar-refractivity contribution >= 4 is 33.3 Å². The van der Waals surface area contributed by atoms with E-state index in [1.807, 2.05) is 6.92 Å². The average molecular weight is 327 g/mol. The smallest absolute Gasteiger partial charge is 0.226 e. The molecule has 5 rings (SSSR count). The number of benzene rings is 3. The molecule has 0 saturated heterocycles. The van der Waals surface area contributed by atoms with Crippen LogP contribution in [0, 0.1) is 6.92 Å². The Kier molecular flexibility index (Phi) is 2.95. The molecule has 1 aliphatic heterocycles. The fraction of sp³-hybridized carbons (Fsp3) is 0.143. The molecule has 1 amide bonds. The van der Waals surface area contributed by atoms with Gasteiger partial charge < -0.3 is 5.32 Å². The maximum absolute atomic E-state index is 12.3. The van der Waals surface area contributed by atoms with E-state index in [0.29, 0.717) is 12.2 Å². The second kappa shape index (κ2) is 5.18. The number of nitrogens with zero attached hydrogens (tertiary/aromatic N) is 1. The number of aryl methyl sites for hydroxylation is 1. The highest BCUT2D eigenvalue weighted by atomic mass is 16.1. The SMILES string of the molecule is Cc1[nH]nc2c1C(c1c3ccccc3cc3ccccc13)CC(=O)N2. The van der Waals surface area contributed by atoms with Crippen molar-refractivity contribution in [2.75, 3.05) is 5.32 Å². The van der Waals surface area contributed by atoms with E-state index >= 15 is 0 Å². The summed E-state index contributed by atoms with van der Waals surface area (Å²) in [5, 5.41) is 15.0. The quantitative estimate of drug-likeness (QED) is 0.506. The molecular weight excluding hydrogens is 310 g/mol. The Morgan fingerprint density at radius 2 is 1.60 bits per heavy atom. The summed E-state index contributed by atoms with van der Waals surface area (Å²) < 4.78 is 0. The van der Waals surface area contributed by atoms with E-state index in [4.69, 9.17) is 0 Å². The molecule has 0 aliphatic carbocycles. The van der Waals surface area contributed by atoms with Gasteiger partial charge in [-0.2, -0.15) is 5.10 Å². The predicted octanol–water partition coefficient (Wildman–Crippen LogP) is 4.50. The number of aromatic nitrogens is 2. The number of carbonyl (C=O) groups is 1. The van der Waals surface area contributed by atoms with Crippen molar-refractivity contribution < 1.29 is 4.79 Å². The van der Waals surface area contributed by atoms with Crippen molar-refractivity contribution in [3.63, 3.8) is 0 Å². The summed E-state index contributed by atoms with van der Waals surface area (Å²) in [5.74, 6) is 0.676. The van der Waals surface area contributed by atoms with E-state index in [1.54, 1.807) is 0 Å². The molecule has 0 spiro atoms.